The van der Waals surface area contributed by atoms with Crippen LogP contribution < -0.4 is 10.6 Å². The molecule has 0 aliphatic carbocycles. The maximum atomic E-state index is 14.1. The summed E-state index contributed by atoms with van der Waals surface area (Å²) in [6.07, 6.45) is 0.387. The summed E-state index contributed by atoms with van der Waals surface area (Å²) in [6, 6.07) is 11.9. The van der Waals surface area contributed by atoms with Crippen LogP contribution in [0.15, 0.2) is 48.7 Å². The summed E-state index contributed by atoms with van der Waals surface area (Å²) in [4.78, 5) is 15.5. The molecule has 2 aromatic heterocycles. The zero-order chi connectivity index (χ0) is 20.2. The largest absolute Gasteiger partial charge is 0.368 e. The quantitative estimate of drug-likeness (QED) is 0.642. The topological polar surface area (TPSA) is 79.8 Å². The number of alkyl halides is 1. The van der Waals surface area contributed by atoms with Gasteiger partial charge in [0.15, 0.2) is 0 Å². The van der Waals surface area contributed by atoms with Gasteiger partial charge in [-0.25, -0.2) is 8.78 Å². The van der Waals surface area contributed by atoms with E-state index in [0.29, 0.717) is 30.2 Å². The monoisotopic (exact) mass is 395 g/mol. The van der Waals surface area contributed by atoms with Gasteiger partial charge in [0.2, 0.25) is 0 Å². The van der Waals surface area contributed by atoms with Crippen molar-refractivity contribution in [3.63, 3.8) is 0 Å². The first-order valence-corrected chi connectivity index (χ1v) is 9.33. The van der Waals surface area contributed by atoms with E-state index in [-0.39, 0.29) is 24.4 Å². The molecule has 1 aliphatic rings. The number of hydrogen-bond acceptors (Lipinski definition) is 5. The summed E-state index contributed by atoms with van der Waals surface area (Å²) >= 11 is 0. The summed E-state index contributed by atoms with van der Waals surface area (Å²) < 4.78 is 27.6. The molecule has 1 aromatic carbocycles. The van der Waals surface area contributed by atoms with Gasteiger partial charge in [-0.1, -0.05) is 6.07 Å². The summed E-state index contributed by atoms with van der Waals surface area (Å²) in [7, 11) is 0. The molecule has 3 heterocycles. The highest BCUT2D eigenvalue weighted by molar-refractivity contribution is 5.98. The number of hydrogen-bond donors (Lipinski definition) is 2. The molecule has 3 aromatic rings. The van der Waals surface area contributed by atoms with Crippen molar-refractivity contribution in [3.05, 3.63) is 71.3 Å². The number of benzene rings is 1. The van der Waals surface area contributed by atoms with Crippen molar-refractivity contribution in [2.45, 2.75) is 25.6 Å². The second-order valence-electron chi connectivity index (χ2n) is 6.81. The van der Waals surface area contributed by atoms with Crippen LogP contribution in [0.1, 0.15) is 28.0 Å². The minimum Gasteiger partial charge on any atom is -0.368 e. The van der Waals surface area contributed by atoms with Gasteiger partial charge in [0, 0.05) is 36.8 Å². The van der Waals surface area contributed by atoms with Crippen LogP contribution in [0, 0.1) is 5.82 Å². The molecule has 148 valence electrons. The number of nitrogens with zero attached hydrogens (tertiary/aromatic N) is 3. The van der Waals surface area contributed by atoms with Crippen molar-refractivity contribution in [3.8, 4) is 11.3 Å². The average Bonchev–Trinajstić information content (AvgIpc) is 3.10. The Morgan fingerprint density at radius 1 is 1.17 bits per heavy atom. The summed E-state index contributed by atoms with van der Waals surface area (Å²) in [6.45, 7) is 0.859. The lowest BCUT2D eigenvalue weighted by Crippen LogP contribution is -2.14. The number of fused-ring (bicyclic) bond motifs is 1. The maximum absolute atomic E-state index is 14.1. The third kappa shape index (κ3) is 4.37. The minimum absolute atomic E-state index is 0.0609. The third-order valence-corrected chi connectivity index (χ3v) is 4.76. The van der Waals surface area contributed by atoms with E-state index in [1.165, 1.54) is 18.3 Å². The van der Waals surface area contributed by atoms with Crippen molar-refractivity contribution in [1.82, 2.24) is 20.5 Å². The highest BCUT2D eigenvalue weighted by atomic mass is 19.1. The molecule has 0 radical (unpaired) electrons. The second-order valence-corrected chi connectivity index (χ2v) is 6.81. The fraction of sp³-hybridized carbons (Fsp3) is 0.238. The van der Waals surface area contributed by atoms with Crippen LogP contribution in [0.3, 0.4) is 0 Å². The van der Waals surface area contributed by atoms with Crippen LogP contribution in [0.25, 0.3) is 11.3 Å². The van der Waals surface area contributed by atoms with Gasteiger partial charge in [-0.2, -0.15) is 0 Å². The maximum Gasteiger partial charge on any atom is 0.251 e. The SMILES string of the molecule is O=C1NCc2cc(-c3ccc(NCC[C@H](F)Cc4ncccc4F)nn3)ccc21. The molecular formula is C21H19F2N5O. The lowest BCUT2D eigenvalue weighted by molar-refractivity contribution is 0.0965. The Labute approximate surface area is 166 Å². The van der Waals surface area contributed by atoms with Crippen LogP contribution in [0.4, 0.5) is 14.6 Å². The number of anilines is 1. The van der Waals surface area contributed by atoms with Gasteiger partial charge in [-0.15, -0.1) is 10.2 Å². The Hall–Kier alpha value is -3.42. The Balaban J connectivity index is 1.31. The molecule has 0 unspecified atom stereocenters. The Bertz CT molecular complexity index is 1030. The van der Waals surface area contributed by atoms with Crippen LogP contribution in [-0.2, 0) is 13.0 Å². The predicted molar refractivity (Wildman–Crippen MR) is 105 cm³/mol. The van der Waals surface area contributed by atoms with E-state index in [1.807, 2.05) is 18.2 Å². The van der Waals surface area contributed by atoms with E-state index in [2.05, 4.69) is 25.8 Å². The number of halogens is 2. The van der Waals surface area contributed by atoms with Gasteiger partial charge in [0.05, 0.1) is 11.4 Å². The average molecular weight is 395 g/mol. The Kier molecular flexibility index (Phi) is 5.41. The van der Waals surface area contributed by atoms with Crippen LogP contribution in [0.5, 0.6) is 0 Å². The van der Waals surface area contributed by atoms with Crippen molar-refractivity contribution < 1.29 is 13.6 Å². The normalized spacial score (nSPS) is 13.7. The first kappa shape index (κ1) is 18.9. The summed E-state index contributed by atoms with van der Waals surface area (Å²) in [5.41, 5.74) is 3.32. The van der Waals surface area contributed by atoms with Crippen LogP contribution in [-0.4, -0.2) is 33.8 Å². The molecule has 4 rings (SSSR count). The van der Waals surface area contributed by atoms with Crippen LogP contribution in [0.2, 0.25) is 0 Å². The van der Waals surface area contributed by atoms with E-state index in [9.17, 15) is 13.6 Å². The summed E-state index contributed by atoms with van der Waals surface area (Å²) in [5, 5.41) is 14.1. The molecule has 6 nitrogen and oxygen atoms in total. The van der Waals surface area contributed by atoms with Crippen LogP contribution >= 0.6 is 0 Å². The number of carbonyl (C=O) groups is 1. The van der Waals surface area contributed by atoms with E-state index >= 15 is 0 Å². The molecule has 2 N–H and O–H groups in total. The van der Waals surface area contributed by atoms with Gasteiger partial charge >= 0.3 is 0 Å². The molecule has 0 saturated carbocycles. The first-order valence-electron chi connectivity index (χ1n) is 9.33. The zero-order valence-corrected chi connectivity index (χ0v) is 15.5. The highest BCUT2D eigenvalue weighted by Crippen LogP contribution is 2.24. The molecule has 1 amide bonds. The standard InChI is InChI=1S/C21H19F2N5O/c22-15(11-19-17(23)2-1-8-24-19)7-9-25-20-6-5-18(27-28-20)13-3-4-16-14(10-13)12-26-21(16)29/h1-6,8,10,15H,7,9,11-12H2,(H,25,28)(H,26,29)/t15-/m0/s1. The minimum atomic E-state index is -1.21. The zero-order valence-electron chi connectivity index (χ0n) is 15.5. The van der Waals surface area contributed by atoms with Crippen molar-refractivity contribution in [1.29, 1.82) is 0 Å². The third-order valence-electron chi connectivity index (χ3n) is 4.76. The molecule has 0 saturated heterocycles. The van der Waals surface area contributed by atoms with E-state index in [1.54, 1.807) is 12.1 Å². The summed E-state index contributed by atoms with van der Waals surface area (Å²) in [5.74, 6) is -0.0200. The number of nitrogens with one attached hydrogen (secondary N) is 2. The second kappa shape index (κ2) is 8.30. The molecule has 1 aliphatic heterocycles. The lowest BCUT2D eigenvalue weighted by atomic mass is 10.0. The van der Waals surface area contributed by atoms with Crippen molar-refractivity contribution >= 4 is 11.7 Å². The predicted octanol–water partition coefficient (Wildman–Crippen LogP) is 3.30. The number of amides is 1. The number of rotatable bonds is 7. The molecule has 1 atom stereocenters. The molecule has 0 spiro atoms. The molecular weight excluding hydrogens is 376 g/mol. The molecule has 8 heteroatoms. The number of carbonyl (C=O) groups excluding carboxylic acids is 1. The first-order chi connectivity index (χ1) is 14.1. The van der Waals surface area contributed by atoms with Crippen molar-refractivity contribution in [2.75, 3.05) is 11.9 Å². The van der Waals surface area contributed by atoms with Gasteiger partial charge in [-0.3, -0.25) is 9.78 Å². The Morgan fingerprint density at radius 2 is 2.07 bits per heavy atom. The van der Waals surface area contributed by atoms with E-state index < -0.39 is 12.0 Å². The van der Waals surface area contributed by atoms with E-state index in [0.717, 1.165) is 11.1 Å². The molecule has 0 fully saturated rings. The van der Waals surface area contributed by atoms with Gasteiger partial charge in [0.1, 0.15) is 17.8 Å². The fourth-order valence-electron chi connectivity index (χ4n) is 3.21. The number of aromatic nitrogens is 3. The lowest BCUT2D eigenvalue weighted by Gasteiger charge is -2.10. The van der Waals surface area contributed by atoms with Gasteiger partial charge in [0.25, 0.3) is 5.91 Å². The molecule has 0 bridgehead atoms. The Morgan fingerprint density at radius 3 is 2.86 bits per heavy atom. The van der Waals surface area contributed by atoms with Crippen molar-refractivity contribution in [2.24, 2.45) is 0 Å². The fourth-order valence-corrected chi connectivity index (χ4v) is 3.21. The highest BCUT2D eigenvalue weighted by Gasteiger charge is 2.19. The number of pyridine rings is 1. The van der Waals surface area contributed by atoms with Gasteiger partial charge < -0.3 is 10.6 Å². The van der Waals surface area contributed by atoms with Gasteiger partial charge in [-0.05, 0) is 48.4 Å². The molecule has 29 heavy (non-hydrogen) atoms. The smallest absolute Gasteiger partial charge is 0.251 e. The van der Waals surface area contributed by atoms with E-state index in [4.69, 9.17) is 0 Å².